The van der Waals surface area contributed by atoms with Crippen molar-refractivity contribution in [1.82, 2.24) is 9.55 Å². The van der Waals surface area contributed by atoms with Crippen molar-refractivity contribution in [3.05, 3.63) is 33.1 Å². The quantitative estimate of drug-likeness (QED) is 0.589. The Morgan fingerprint density at radius 1 is 1.33 bits per heavy atom. The molecule has 0 radical (unpaired) electrons. The minimum Gasteiger partial charge on any atom is -0.480 e. The first-order valence-corrected chi connectivity index (χ1v) is 3.98. The largest absolute Gasteiger partial charge is 1.00 e. The Labute approximate surface area is 107 Å². The van der Waals surface area contributed by atoms with Crippen molar-refractivity contribution in [2.45, 2.75) is 6.54 Å². The SMILES string of the molecule is F[B-](F)(F)F.O=C(O)Cn1ccc(=O)[nH]c1=O.[Cu+]. The van der Waals surface area contributed by atoms with Gasteiger partial charge >= 0.3 is 36.0 Å². The van der Waals surface area contributed by atoms with Crippen LogP contribution in [0.1, 0.15) is 0 Å². The topological polar surface area (TPSA) is 92.2 Å². The molecule has 0 amide bonds. The standard InChI is InChI=1S/C6H6N2O4.BF4.Cu/c9-4-1-2-8(3-5(10)11)6(12)7-4;2-1(3,4)5;/h1-2H,3H2,(H,10,11)(H,7,9,12);;/q;-1;+1. The molecular formula is C6H6BCuF4N2O4. The number of nitrogens with zero attached hydrogens (tertiary/aromatic N) is 1. The third kappa shape index (κ3) is 11.0. The van der Waals surface area contributed by atoms with Crippen molar-refractivity contribution in [2.24, 2.45) is 0 Å². The Balaban J connectivity index is 0. The second-order valence-electron chi connectivity index (χ2n) is 2.63. The van der Waals surface area contributed by atoms with Gasteiger partial charge in [-0.25, -0.2) is 4.79 Å². The summed E-state index contributed by atoms with van der Waals surface area (Å²) in [6.45, 7) is -0.449. The van der Waals surface area contributed by atoms with Crippen molar-refractivity contribution in [2.75, 3.05) is 0 Å². The van der Waals surface area contributed by atoms with E-state index >= 15 is 0 Å². The number of halogens is 4. The van der Waals surface area contributed by atoms with Gasteiger partial charge in [0.1, 0.15) is 6.54 Å². The van der Waals surface area contributed by atoms with Crippen LogP contribution in [0, 0.1) is 0 Å². The number of hydrogen-bond acceptors (Lipinski definition) is 3. The fourth-order valence-corrected chi connectivity index (χ4v) is 0.714. The van der Waals surface area contributed by atoms with E-state index < -0.39 is 31.0 Å². The molecule has 0 saturated heterocycles. The molecular weight excluding hydrogens is 314 g/mol. The summed E-state index contributed by atoms with van der Waals surface area (Å²) in [7, 11) is -6.00. The summed E-state index contributed by atoms with van der Waals surface area (Å²) in [6.07, 6.45) is 1.13. The Morgan fingerprint density at radius 3 is 2.11 bits per heavy atom. The molecule has 0 aliphatic heterocycles. The monoisotopic (exact) mass is 320 g/mol. The normalized spacial score (nSPS) is 9.78. The number of rotatable bonds is 2. The average Bonchev–Trinajstić information content (AvgIpc) is 2.06. The van der Waals surface area contributed by atoms with Gasteiger partial charge in [0.05, 0.1) is 0 Å². The molecule has 1 rings (SSSR count). The van der Waals surface area contributed by atoms with Gasteiger partial charge in [0.25, 0.3) is 5.56 Å². The zero-order valence-electron chi connectivity index (χ0n) is 8.37. The van der Waals surface area contributed by atoms with Gasteiger partial charge < -0.3 is 22.4 Å². The van der Waals surface area contributed by atoms with E-state index in [0.29, 0.717) is 0 Å². The number of aromatic amines is 1. The molecule has 0 unspecified atom stereocenters. The first-order valence-electron chi connectivity index (χ1n) is 3.98. The zero-order valence-corrected chi connectivity index (χ0v) is 9.31. The summed E-state index contributed by atoms with van der Waals surface area (Å²) in [5, 5.41) is 8.31. The molecule has 12 heteroatoms. The van der Waals surface area contributed by atoms with Crippen molar-refractivity contribution < 1.29 is 44.2 Å². The van der Waals surface area contributed by atoms with Crippen LogP contribution in [-0.2, 0) is 28.4 Å². The van der Waals surface area contributed by atoms with Crippen LogP contribution in [0.5, 0.6) is 0 Å². The zero-order chi connectivity index (χ0) is 13.6. The van der Waals surface area contributed by atoms with Gasteiger partial charge in [-0.2, -0.15) is 0 Å². The van der Waals surface area contributed by atoms with Crippen LogP contribution in [0.2, 0.25) is 0 Å². The van der Waals surface area contributed by atoms with Crippen LogP contribution in [0.3, 0.4) is 0 Å². The third-order valence-corrected chi connectivity index (χ3v) is 1.20. The van der Waals surface area contributed by atoms with E-state index in [2.05, 4.69) is 0 Å². The minimum atomic E-state index is -6.00. The molecule has 0 aliphatic carbocycles. The van der Waals surface area contributed by atoms with E-state index in [-0.39, 0.29) is 17.1 Å². The average molecular weight is 320 g/mol. The van der Waals surface area contributed by atoms with Gasteiger partial charge in [-0.1, -0.05) is 0 Å². The van der Waals surface area contributed by atoms with Crippen LogP contribution < -0.4 is 11.2 Å². The maximum atomic E-state index is 10.8. The molecule has 0 atom stereocenters. The van der Waals surface area contributed by atoms with Gasteiger partial charge in [0, 0.05) is 12.3 Å². The predicted molar refractivity (Wildman–Crippen MR) is 49.1 cm³/mol. The molecule has 0 fully saturated rings. The predicted octanol–water partition coefficient (Wildman–Crippen LogP) is -0.0813. The Morgan fingerprint density at radius 2 is 1.78 bits per heavy atom. The second kappa shape index (κ2) is 7.72. The summed E-state index contributed by atoms with van der Waals surface area (Å²) in [6, 6.07) is 1.09. The number of aliphatic carboxylic acids is 1. The number of carboxylic acids is 1. The van der Waals surface area contributed by atoms with Gasteiger partial charge in [-0.15, -0.1) is 0 Å². The van der Waals surface area contributed by atoms with Crippen molar-refractivity contribution >= 4 is 13.2 Å². The number of carbonyl (C=O) groups is 1. The van der Waals surface area contributed by atoms with Crippen molar-refractivity contribution in [3.8, 4) is 0 Å². The first-order chi connectivity index (χ1) is 7.59. The molecule has 0 aromatic carbocycles. The van der Waals surface area contributed by atoms with Gasteiger partial charge in [0.15, 0.2) is 0 Å². The summed E-state index contributed by atoms with van der Waals surface area (Å²) in [5.74, 6) is -1.14. The Kier molecular flexibility index (Phi) is 8.06. The molecule has 1 heterocycles. The molecule has 0 saturated carbocycles. The van der Waals surface area contributed by atoms with Gasteiger partial charge in [-0.05, 0) is 0 Å². The summed E-state index contributed by atoms with van der Waals surface area (Å²) >= 11 is 0. The van der Waals surface area contributed by atoms with E-state index in [1.807, 2.05) is 4.98 Å². The maximum absolute atomic E-state index is 10.8. The molecule has 0 spiro atoms. The van der Waals surface area contributed by atoms with Crippen LogP contribution >= 0.6 is 0 Å². The van der Waals surface area contributed by atoms with Crippen LogP contribution in [0.15, 0.2) is 21.9 Å². The summed E-state index contributed by atoms with van der Waals surface area (Å²) < 4.78 is 39.9. The molecule has 106 valence electrons. The number of nitrogens with one attached hydrogen (secondary N) is 1. The maximum Gasteiger partial charge on any atom is 1.00 e. The first kappa shape index (κ1) is 18.8. The van der Waals surface area contributed by atoms with Crippen LogP contribution in [0.4, 0.5) is 17.3 Å². The smallest absolute Gasteiger partial charge is 0.480 e. The number of H-pyrrole nitrogens is 1. The van der Waals surface area contributed by atoms with E-state index in [0.717, 1.165) is 16.8 Å². The molecule has 18 heavy (non-hydrogen) atoms. The Bertz CT molecular complexity index is 493. The van der Waals surface area contributed by atoms with E-state index in [9.17, 15) is 31.6 Å². The summed E-state index contributed by atoms with van der Waals surface area (Å²) in [4.78, 5) is 33.4. The summed E-state index contributed by atoms with van der Waals surface area (Å²) in [5.41, 5.74) is -1.26. The van der Waals surface area contributed by atoms with Gasteiger partial charge in [-0.3, -0.25) is 19.1 Å². The third-order valence-electron chi connectivity index (χ3n) is 1.20. The van der Waals surface area contributed by atoms with Crippen molar-refractivity contribution in [1.29, 1.82) is 0 Å². The van der Waals surface area contributed by atoms with Crippen molar-refractivity contribution in [3.63, 3.8) is 0 Å². The molecule has 1 aromatic heterocycles. The van der Waals surface area contributed by atoms with E-state index in [4.69, 9.17) is 5.11 Å². The Hall–Kier alpha value is -1.55. The number of aromatic nitrogens is 2. The number of hydrogen-bond donors (Lipinski definition) is 2. The molecule has 1 aromatic rings. The fourth-order valence-electron chi connectivity index (χ4n) is 0.714. The molecule has 6 nitrogen and oxygen atoms in total. The second-order valence-corrected chi connectivity index (χ2v) is 2.63. The van der Waals surface area contributed by atoms with Crippen LogP contribution in [0.25, 0.3) is 0 Å². The minimum absolute atomic E-state index is 0. The van der Waals surface area contributed by atoms with Gasteiger partial charge in [0.2, 0.25) is 0 Å². The number of carboxylic acid groups (broad SMARTS) is 1. The molecule has 0 aliphatic rings. The molecule has 2 N–H and O–H groups in total. The molecule has 0 bridgehead atoms. The van der Waals surface area contributed by atoms with E-state index in [1.54, 1.807) is 0 Å². The van der Waals surface area contributed by atoms with E-state index in [1.165, 1.54) is 0 Å². The fraction of sp³-hybridized carbons (Fsp3) is 0.167. The van der Waals surface area contributed by atoms with Crippen LogP contribution in [-0.4, -0.2) is 27.9 Å².